The smallest absolute Gasteiger partial charge is 0.0376 e. The Balaban J connectivity index is 3.09. The van der Waals surface area contributed by atoms with Crippen molar-refractivity contribution in [3.05, 3.63) is 24.3 Å². The molecule has 0 amide bonds. The molecule has 40 valence electrons. The monoisotopic (exact) mass is 96.1 g/mol. The lowest BCUT2D eigenvalue weighted by Crippen LogP contribution is -1.48. The quantitative estimate of drug-likeness (QED) is 0.463. The average Bonchev–Trinajstić information content (AvgIpc) is 1.69. The van der Waals surface area contributed by atoms with E-state index in [0.717, 1.165) is 6.42 Å². The molecule has 0 aliphatic rings. The molecule has 0 rings (SSSR count). The van der Waals surface area contributed by atoms with E-state index in [1.165, 1.54) is 0 Å². The second-order valence-electron chi connectivity index (χ2n) is 1.36. The second kappa shape index (κ2) is 5.48. The van der Waals surface area contributed by atoms with E-state index in [1.54, 1.807) is 0 Å². The first-order chi connectivity index (χ1) is 3.41. The summed E-state index contributed by atoms with van der Waals surface area (Å²) in [5.41, 5.74) is 0. The minimum Gasteiger partial charge on any atom is -0.0877 e. The van der Waals surface area contributed by atoms with Crippen molar-refractivity contribution in [3.8, 4) is 0 Å². The van der Waals surface area contributed by atoms with Crippen molar-refractivity contribution < 1.29 is 0 Å². The lowest BCUT2D eigenvalue weighted by atomic mass is 10.4. The maximum absolute atomic E-state index is 2.12. The lowest BCUT2D eigenvalue weighted by molar-refractivity contribution is 1.22. The molecular weight excluding hydrogens is 84.1 g/mol. The zero-order valence-electron chi connectivity index (χ0n) is 5.02. The van der Waals surface area contributed by atoms with Gasteiger partial charge in [0.2, 0.25) is 0 Å². The summed E-state index contributed by atoms with van der Waals surface area (Å²) in [5, 5.41) is 0. The third-order valence-electron chi connectivity index (χ3n) is 0.675. The van der Waals surface area contributed by atoms with Crippen molar-refractivity contribution in [2.45, 2.75) is 20.3 Å². The van der Waals surface area contributed by atoms with Gasteiger partial charge in [-0.05, 0) is 13.3 Å². The summed E-state index contributed by atoms with van der Waals surface area (Å²) < 4.78 is 0. The van der Waals surface area contributed by atoms with Crippen LogP contribution in [0.2, 0.25) is 0 Å². The molecule has 0 radical (unpaired) electrons. The maximum atomic E-state index is 2.12. The van der Waals surface area contributed by atoms with Gasteiger partial charge in [-0.3, -0.25) is 0 Å². The normalized spacial score (nSPS) is 11.7. The highest BCUT2D eigenvalue weighted by atomic mass is 13.6. The highest BCUT2D eigenvalue weighted by Gasteiger charge is 1.57. The van der Waals surface area contributed by atoms with Crippen LogP contribution in [-0.2, 0) is 0 Å². The highest BCUT2D eigenvalue weighted by Crippen LogP contribution is 1.79. The van der Waals surface area contributed by atoms with Gasteiger partial charge < -0.3 is 0 Å². The van der Waals surface area contributed by atoms with Crippen molar-refractivity contribution in [2.24, 2.45) is 0 Å². The van der Waals surface area contributed by atoms with E-state index in [9.17, 15) is 0 Å². The van der Waals surface area contributed by atoms with Crippen LogP contribution in [0.3, 0.4) is 0 Å². The fourth-order valence-corrected chi connectivity index (χ4v) is 0.326. The number of allylic oxidation sites excluding steroid dienone is 4. The molecule has 0 saturated carbocycles. The van der Waals surface area contributed by atoms with E-state index >= 15 is 0 Å². The number of rotatable bonds is 2. The van der Waals surface area contributed by atoms with Crippen molar-refractivity contribution in [3.63, 3.8) is 0 Å². The summed E-state index contributed by atoms with van der Waals surface area (Å²) in [6, 6.07) is 0. The van der Waals surface area contributed by atoms with Gasteiger partial charge in [-0.15, -0.1) is 0 Å². The zero-order valence-corrected chi connectivity index (χ0v) is 5.02. The zero-order chi connectivity index (χ0) is 5.54. The average molecular weight is 96.2 g/mol. The van der Waals surface area contributed by atoms with Crippen molar-refractivity contribution >= 4 is 0 Å². The first-order valence-electron chi connectivity index (χ1n) is 2.69. The van der Waals surface area contributed by atoms with Gasteiger partial charge in [0.25, 0.3) is 0 Å². The van der Waals surface area contributed by atoms with Crippen LogP contribution in [0.25, 0.3) is 0 Å². The van der Waals surface area contributed by atoms with Crippen molar-refractivity contribution in [1.29, 1.82) is 0 Å². The summed E-state index contributed by atoms with van der Waals surface area (Å²) in [4.78, 5) is 0. The number of hydrogen-bond donors (Lipinski definition) is 0. The van der Waals surface area contributed by atoms with Gasteiger partial charge in [0.15, 0.2) is 0 Å². The first-order valence-corrected chi connectivity index (χ1v) is 2.69. The fraction of sp³-hybridized carbons (Fsp3) is 0.429. The third-order valence-corrected chi connectivity index (χ3v) is 0.675. The SMILES string of the molecule is C/C=C\C=CCC. The Hall–Kier alpha value is -0.520. The van der Waals surface area contributed by atoms with Gasteiger partial charge in [-0.2, -0.15) is 0 Å². The van der Waals surface area contributed by atoms with Crippen molar-refractivity contribution in [2.75, 3.05) is 0 Å². The van der Waals surface area contributed by atoms with E-state index < -0.39 is 0 Å². The van der Waals surface area contributed by atoms with Crippen LogP contribution in [0, 0.1) is 0 Å². The van der Waals surface area contributed by atoms with Gasteiger partial charge in [-0.25, -0.2) is 0 Å². The molecule has 0 N–H and O–H groups in total. The van der Waals surface area contributed by atoms with E-state index in [0.29, 0.717) is 0 Å². The molecule has 0 heterocycles. The Morgan fingerprint density at radius 1 is 1.29 bits per heavy atom. The Labute approximate surface area is 45.5 Å². The molecule has 0 saturated heterocycles. The Kier molecular flexibility index (Phi) is 5.07. The van der Waals surface area contributed by atoms with Crippen LogP contribution in [-0.4, -0.2) is 0 Å². The molecule has 0 heteroatoms. The summed E-state index contributed by atoms with van der Waals surface area (Å²) >= 11 is 0. The van der Waals surface area contributed by atoms with Gasteiger partial charge in [-0.1, -0.05) is 31.2 Å². The molecule has 0 aromatic rings. The molecular formula is C7H12. The minimum atomic E-state index is 1.13. The molecule has 0 unspecified atom stereocenters. The van der Waals surface area contributed by atoms with E-state index in [2.05, 4.69) is 19.1 Å². The summed E-state index contributed by atoms with van der Waals surface area (Å²) in [5.74, 6) is 0. The van der Waals surface area contributed by atoms with Gasteiger partial charge >= 0.3 is 0 Å². The highest BCUT2D eigenvalue weighted by molar-refractivity contribution is 5.00. The third kappa shape index (κ3) is 5.48. The first kappa shape index (κ1) is 6.48. The Morgan fingerprint density at radius 3 is 2.43 bits per heavy atom. The molecule has 0 aliphatic carbocycles. The van der Waals surface area contributed by atoms with Crippen LogP contribution >= 0.6 is 0 Å². The Bertz CT molecular complexity index is 68.1. The minimum absolute atomic E-state index is 1.13. The largest absolute Gasteiger partial charge is 0.0877 e. The molecule has 7 heavy (non-hydrogen) atoms. The molecule has 0 fully saturated rings. The van der Waals surface area contributed by atoms with E-state index in [1.807, 2.05) is 19.1 Å². The maximum Gasteiger partial charge on any atom is -0.0376 e. The van der Waals surface area contributed by atoms with E-state index in [4.69, 9.17) is 0 Å². The van der Waals surface area contributed by atoms with Crippen LogP contribution in [0.15, 0.2) is 24.3 Å². The van der Waals surface area contributed by atoms with Gasteiger partial charge in [0.1, 0.15) is 0 Å². The van der Waals surface area contributed by atoms with Gasteiger partial charge in [0.05, 0.1) is 0 Å². The fourth-order valence-electron chi connectivity index (χ4n) is 0.326. The summed E-state index contributed by atoms with van der Waals surface area (Å²) in [7, 11) is 0. The Morgan fingerprint density at radius 2 is 2.00 bits per heavy atom. The second-order valence-corrected chi connectivity index (χ2v) is 1.36. The predicted octanol–water partition coefficient (Wildman–Crippen LogP) is 2.53. The van der Waals surface area contributed by atoms with Crippen molar-refractivity contribution in [1.82, 2.24) is 0 Å². The van der Waals surface area contributed by atoms with Crippen LogP contribution in [0.1, 0.15) is 20.3 Å². The van der Waals surface area contributed by atoms with E-state index in [-0.39, 0.29) is 0 Å². The summed E-state index contributed by atoms with van der Waals surface area (Å²) in [6.45, 7) is 4.14. The molecule has 0 aromatic heterocycles. The topological polar surface area (TPSA) is 0 Å². The molecule has 0 aromatic carbocycles. The van der Waals surface area contributed by atoms with Gasteiger partial charge in [0, 0.05) is 0 Å². The number of hydrogen-bond acceptors (Lipinski definition) is 0. The lowest BCUT2D eigenvalue weighted by Gasteiger charge is -1.70. The van der Waals surface area contributed by atoms with Crippen LogP contribution < -0.4 is 0 Å². The standard InChI is InChI=1S/C7H12/c1-3-5-7-6-4-2/h3,5-7H,4H2,1-2H3/b5-3-,7-6?. The molecule has 0 nitrogen and oxygen atoms in total. The molecule has 0 bridgehead atoms. The van der Waals surface area contributed by atoms with Crippen LogP contribution in [0.4, 0.5) is 0 Å². The predicted molar refractivity (Wildman–Crippen MR) is 34.2 cm³/mol. The molecule has 0 spiro atoms. The van der Waals surface area contributed by atoms with Crippen LogP contribution in [0.5, 0.6) is 0 Å². The molecule has 0 aliphatic heterocycles. The summed E-state index contributed by atoms with van der Waals surface area (Å²) in [6.07, 6.45) is 9.36. The molecule has 0 atom stereocenters.